The van der Waals surface area contributed by atoms with Crippen molar-refractivity contribution in [3.05, 3.63) is 51.7 Å². The van der Waals surface area contributed by atoms with Crippen LogP contribution in [0.1, 0.15) is 17.1 Å². The lowest BCUT2D eigenvalue weighted by Gasteiger charge is -2.34. The molecule has 0 unspecified atom stereocenters. The molecule has 0 spiro atoms. The highest BCUT2D eigenvalue weighted by atomic mass is 35.5. The first-order chi connectivity index (χ1) is 13.4. The smallest absolute Gasteiger partial charge is 0.244 e. The maximum atomic E-state index is 12.6. The van der Waals surface area contributed by atoms with Crippen LogP contribution in [0.15, 0.2) is 24.5 Å². The van der Waals surface area contributed by atoms with Gasteiger partial charge in [-0.2, -0.15) is 5.10 Å². The SMILES string of the molecule is Cc1nn(CC(=O)N2CCN(Cc3cn4cc(Cl)ccc4n3)CC2)c(C)c1Cl. The lowest BCUT2D eigenvalue weighted by atomic mass is 10.3. The quantitative estimate of drug-likeness (QED) is 0.650. The standard InChI is InChI=1S/C19H22Cl2N6O/c1-13-19(21)14(2)27(23-13)12-18(28)25-7-5-24(6-8-25)10-16-11-26-9-15(20)3-4-17(26)22-16/h3-4,9,11H,5-8,10,12H2,1-2H3. The number of amides is 1. The largest absolute Gasteiger partial charge is 0.339 e. The molecule has 3 aromatic rings. The Hall–Kier alpha value is -2.09. The number of aromatic nitrogens is 4. The van der Waals surface area contributed by atoms with Crippen LogP contribution in [-0.2, 0) is 17.9 Å². The first kappa shape index (κ1) is 19.2. The minimum absolute atomic E-state index is 0.0734. The van der Waals surface area contributed by atoms with Crippen molar-refractivity contribution in [2.75, 3.05) is 26.2 Å². The van der Waals surface area contributed by atoms with Crippen molar-refractivity contribution in [1.82, 2.24) is 29.0 Å². The maximum Gasteiger partial charge on any atom is 0.244 e. The molecule has 1 fully saturated rings. The molecule has 1 aliphatic heterocycles. The predicted octanol–water partition coefficient (Wildman–Crippen LogP) is 2.80. The summed E-state index contributed by atoms with van der Waals surface area (Å²) in [5, 5.41) is 5.67. The fraction of sp³-hybridized carbons (Fsp3) is 0.421. The summed E-state index contributed by atoms with van der Waals surface area (Å²) in [6, 6.07) is 3.75. The van der Waals surface area contributed by atoms with Crippen LogP contribution in [-0.4, -0.2) is 61.1 Å². The second kappa shape index (κ2) is 7.73. The van der Waals surface area contributed by atoms with Gasteiger partial charge < -0.3 is 9.30 Å². The van der Waals surface area contributed by atoms with Crippen LogP contribution < -0.4 is 0 Å². The molecule has 3 aromatic heterocycles. The minimum atomic E-state index is 0.0734. The van der Waals surface area contributed by atoms with Gasteiger partial charge in [-0.05, 0) is 26.0 Å². The Labute approximate surface area is 173 Å². The zero-order valence-electron chi connectivity index (χ0n) is 15.9. The second-order valence-electron chi connectivity index (χ2n) is 7.14. The van der Waals surface area contributed by atoms with Crippen LogP contribution in [0.5, 0.6) is 0 Å². The van der Waals surface area contributed by atoms with Crippen LogP contribution in [0.2, 0.25) is 10.0 Å². The summed E-state index contributed by atoms with van der Waals surface area (Å²) < 4.78 is 3.63. The molecule has 0 aliphatic carbocycles. The van der Waals surface area contributed by atoms with Crippen molar-refractivity contribution < 1.29 is 4.79 Å². The van der Waals surface area contributed by atoms with Crippen molar-refractivity contribution in [1.29, 1.82) is 0 Å². The number of nitrogens with zero attached hydrogens (tertiary/aromatic N) is 6. The van der Waals surface area contributed by atoms with E-state index in [4.69, 9.17) is 23.2 Å². The van der Waals surface area contributed by atoms with Crippen LogP contribution in [0, 0.1) is 13.8 Å². The Morgan fingerprint density at radius 1 is 1.11 bits per heavy atom. The Balaban J connectivity index is 1.33. The van der Waals surface area contributed by atoms with Gasteiger partial charge in [-0.1, -0.05) is 23.2 Å². The van der Waals surface area contributed by atoms with Gasteiger partial charge in [0.1, 0.15) is 12.2 Å². The van der Waals surface area contributed by atoms with E-state index in [0.717, 1.165) is 42.4 Å². The van der Waals surface area contributed by atoms with E-state index in [-0.39, 0.29) is 12.5 Å². The summed E-state index contributed by atoms with van der Waals surface area (Å²) >= 11 is 12.2. The molecule has 1 aliphatic rings. The van der Waals surface area contributed by atoms with Gasteiger partial charge >= 0.3 is 0 Å². The van der Waals surface area contributed by atoms with E-state index in [0.29, 0.717) is 23.1 Å². The van der Waals surface area contributed by atoms with Crippen molar-refractivity contribution in [3.63, 3.8) is 0 Å². The zero-order chi connectivity index (χ0) is 19.8. The van der Waals surface area contributed by atoms with Crippen molar-refractivity contribution >= 4 is 34.8 Å². The van der Waals surface area contributed by atoms with Gasteiger partial charge in [0.2, 0.25) is 5.91 Å². The van der Waals surface area contributed by atoms with Gasteiger partial charge in [0.25, 0.3) is 0 Å². The summed E-state index contributed by atoms with van der Waals surface area (Å²) in [7, 11) is 0. The highest BCUT2D eigenvalue weighted by Crippen LogP contribution is 2.19. The number of imidazole rings is 1. The highest BCUT2D eigenvalue weighted by Gasteiger charge is 2.23. The third-order valence-corrected chi connectivity index (χ3v) is 5.92. The molecule has 0 aromatic carbocycles. The first-order valence-corrected chi connectivity index (χ1v) is 9.99. The van der Waals surface area contributed by atoms with Gasteiger partial charge in [0, 0.05) is 45.1 Å². The zero-order valence-corrected chi connectivity index (χ0v) is 17.4. The monoisotopic (exact) mass is 420 g/mol. The molecular weight excluding hydrogens is 399 g/mol. The van der Waals surface area contributed by atoms with Crippen LogP contribution in [0.25, 0.3) is 5.65 Å². The Kier molecular flexibility index (Phi) is 5.31. The summed E-state index contributed by atoms with van der Waals surface area (Å²) in [5.41, 5.74) is 3.47. The third-order valence-electron chi connectivity index (χ3n) is 5.15. The van der Waals surface area contributed by atoms with E-state index < -0.39 is 0 Å². The lowest BCUT2D eigenvalue weighted by Crippen LogP contribution is -2.49. The van der Waals surface area contributed by atoms with Gasteiger partial charge in [0.05, 0.1) is 27.1 Å². The minimum Gasteiger partial charge on any atom is -0.339 e. The molecular formula is C19H22Cl2N6O. The second-order valence-corrected chi connectivity index (χ2v) is 7.96. The Morgan fingerprint density at radius 3 is 2.54 bits per heavy atom. The van der Waals surface area contributed by atoms with Gasteiger partial charge in [-0.25, -0.2) is 4.98 Å². The summed E-state index contributed by atoms with van der Waals surface area (Å²) in [6.45, 7) is 7.76. The lowest BCUT2D eigenvalue weighted by molar-refractivity contribution is -0.133. The maximum absolute atomic E-state index is 12.6. The number of fused-ring (bicyclic) bond motifs is 1. The van der Waals surface area contributed by atoms with E-state index in [2.05, 4.69) is 15.0 Å². The molecule has 1 saturated heterocycles. The Bertz CT molecular complexity index is 1020. The number of hydrogen-bond acceptors (Lipinski definition) is 4. The topological polar surface area (TPSA) is 58.7 Å². The molecule has 4 rings (SSSR count). The van der Waals surface area contributed by atoms with Crippen LogP contribution >= 0.6 is 23.2 Å². The molecule has 0 saturated carbocycles. The fourth-order valence-electron chi connectivity index (χ4n) is 3.54. The van der Waals surface area contributed by atoms with E-state index in [9.17, 15) is 4.79 Å². The molecule has 148 valence electrons. The molecule has 0 N–H and O–H groups in total. The van der Waals surface area contributed by atoms with Crippen molar-refractivity contribution in [2.45, 2.75) is 26.9 Å². The Morgan fingerprint density at radius 2 is 1.86 bits per heavy atom. The van der Waals surface area contributed by atoms with Crippen molar-refractivity contribution in [2.24, 2.45) is 0 Å². The average molecular weight is 421 g/mol. The number of rotatable bonds is 4. The van der Waals surface area contributed by atoms with E-state index in [1.165, 1.54) is 0 Å². The molecule has 9 heteroatoms. The van der Waals surface area contributed by atoms with E-state index in [1.807, 2.05) is 47.7 Å². The molecule has 7 nitrogen and oxygen atoms in total. The molecule has 1 amide bonds. The van der Waals surface area contributed by atoms with Crippen LogP contribution in [0.3, 0.4) is 0 Å². The predicted molar refractivity (Wildman–Crippen MR) is 109 cm³/mol. The molecule has 0 atom stereocenters. The molecule has 0 radical (unpaired) electrons. The summed E-state index contributed by atoms with van der Waals surface area (Å²) in [4.78, 5) is 21.5. The number of piperazine rings is 1. The van der Waals surface area contributed by atoms with Crippen LogP contribution in [0.4, 0.5) is 0 Å². The number of pyridine rings is 1. The fourth-order valence-corrected chi connectivity index (χ4v) is 3.84. The first-order valence-electron chi connectivity index (χ1n) is 9.23. The average Bonchev–Trinajstić information content (AvgIpc) is 3.17. The molecule has 0 bridgehead atoms. The summed E-state index contributed by atoms with van der Waals surface area (Å²) in [6.07, 6.45) is 3.86. The normalized spacial score (nSPS) is 15.5. The summed E-state index contributed by atoms with van der Waals surface area (Å²) in [5.74, 6) is 0.0734. The van der Waals surface area contributed by atoms with Crippen molar-refractivity contribution in [3.8, 4) is 0 Å². The third kappa shape index (κ3) is 3.87. The number of carbonyl (C=O) groups excluding carboxylic acids is 1. The number of hydrogen-bond donors (Lipinski definition) is 0. The molecule has 4 heterocycles. The van der Waals surface area contributed by atoms with Gasteiger partial charge in [-0.15, -0.1) is 0 Å². The number of aryl methyl sites for hydroxylation is 1. The highest BCUT2D eigenvalue weighted by molar-refractivity contribution is 6.31. The van der Waals surface area contributed by atoms with Gasteiger partial charge in [0.15, 0.2) is 0 Å². The number of carbonyl (C=O) groups is 1. The number of halogens is 2. The van der Waals surface area contributed by atoms with E-state index in [1.54, 1.807) is 4.68 Å². The van der Waals surface area contributed by atoms with E-state index >= 15 is 0 Å². The van der Waals surface area contributed by atoms with Gasteiger partial charge in [-0.3, -0.25) is 14.4 Å². The molecule has 28 heavy (non-hydrogen) atoms.